The van der Waals surface area contributed by atoms with Crippen LogP contribution in [-0.2, 0) is 16.1 Å². The fourth-order valence-electron chi connectivity index (χ4n) is 2.96. The molecule has 0 spiro atoms. The Kier molecular flexibility index (Phi) is 4.08. The highest BCUT2D eigenvalue weighted by atomic mass is 16.3. The van der Waals surface area contributed by atoms with E-state index in [0.29, 0.717) is 5.56 Å². The number of ketones is 1. The first-order valence-corrected chi connectivity index (χ1v) is 7.57. The number of aliphatic hydroxyl groups is 1. The molecule has 0 fully saturated rings. The van der Waals surface area contributed by atoms with E-state index in [0.717, 1.165) is 5.56 Å². The van der Waals surface area contributed by atoms with E-state index < -0.39 is 17.7 Å². The van der Waals surface area contributed by atoms with Gasteiger partial charge in [0.05, 0.1) is 11.6 Å². The smallest absolute Gasteiger partial charge is 0.290 e. The Balaban J connectivity index is 2.04. The monoisotopic (exact) mass is 323 g/mol. The van der Waals surface area contributed by atoms with Gasteiger partial charge in [0, 0.05) is 6.54 Å². The average molecular weight is 323 g/mol. The summed E-state index contributed by atoms with van der Waals surface area (Å²) in [5.74, 6) is -1.33. The number of Topliss-reactive ketones (excluding diaryl/α,β-unsaturated/α-hetero) is 1. The Labute approximate surface area is 139 Å². The van der Waals surface area contributed by atoms with Crippen molar-refractivity contribution in [1.29, 1.82) is 0 Å². The van der Waals surface area contributed by atoms with Crippen LogP contribution < -0.4 is 0 Å². The van der Waals surface area contributed by atoms with Crippen molar-refractivity contribution >= 4 is 11.7 Å². The summed E-state index contributed by atoms with van der Waals surface area (Å²) in [6.45, 7) is 1.60. The quantitative estimate of drug-likeness (QED) is 0.907. The van der Waals surface area contributed by atoms with Crippen LogP contribution in [0.25, 0.3) is 0 Å². The minimum Gasteiger partial charge on any atom is -0.508 e. The summed E-state index contributed by atoms with van der Waals surface area (Å²) < 4.78 is 0. The van der Waals surface area contributed by atoms with Gasteiger partial charge in [0.1, 0.15) is 5.75 Å². The molecule has 0 saturated heterocycles. The summed E-state index contributed by atoms with van der Waals surface area (Å²) in [6.07, 6.45) is 0. The van der Waals surface area contributed by atoms with Crippen LogP contribution in [-0.4, -0.2) is 26.8 Å². The van der Waals surface area contributed by atoms with Crippen molar-refractivity contribution in [2.45, 2.75) is 19.5 Å². The van der Waals surface area contributed by atoms with Crippen molar-refractivity contribution in [1.82, 2.24) is 4.90 Å². The largest absolute Gasteiger partial charge is 0.508 e. The lowest BCUT2D eigenvalue weighted by Crippen LogP contribution is -2.30. The minimum atomic E-state index is -0.671. The third-order valence-electron chi connectivity index (χ3n) is 4.09. The Morgan fingerprint density at radius 2 is 1.67 bits per heavy atom. The van der Waals surface area contributed by atoms with Gasteiger partial charge >= 0.3 is 0 Å². The second kappa shape index (κ2) is 6.20. The molecule has 0 saturated carbocycles. The fourth-order valence-corrected chi connectivity index (χ4v) is 2.96. The molecule has 1 atom stereocenters. The molecule has 1 unspecified atom stereocenters. The third-order valence-corrected chi connectivity index (χ3v) is 4.09. The zero-order valence-corrected chi connectivity index (χ0v) is 13.1. The predicted octanol–water partition coefficient (Wildman–Crippen LogP) is 2.88. The lowest BCUT2D eigenvalue weighted by molar-refractivity contribution is -0.130. The van der Waals surface area contributed by atoms with Crippen LogP contribution in [0, 0.1) is 0 Å². The summed E-state index contributed by atoms with van der Waals surface area (Å²) in [6, 6.07) is 15.0. The number of amides is 1. The molecule has 1 amide bonds. The lowest BCUT2D eigenvalue weighted by atomic mass is 9.96. The highest BCUT2D eigenvalue weighted by Crippen LogP contribution is 2.38. The SMILES string of the molecule is CC(=O)C1=C(O)C(=O)N(Cc2ccccc2)C1c1ccc(O)cc1. The van der Waals surface area contributed by atoms with Crippen molar-refractivity contribution in [3.8, 4) is 5.75 Å². The van der Waals surface area contributed by atoms with E-state index in [9.17, 15) is 19.8 Å². The molecular formula is C19H17NO4. The molecule has 1 aliphatic rings. The maximum absolute atomic E-state index is 12.5. The first kappa shape index (κ1) is 15.8. The number of phenols is 1. The first-order chi connectivity index (χ1) is 11.5. The van der Waals surface area contributed by atoms with Crippen molar-refractivity contribution < 1.29 is 19.8 Å². The van der Waals surface area contributed by atoms with Crippen molar-refractivity contribution in [2.75, 3.05) is 0 Å². The maximum atomic E-state index is 12.5. The zero-order valence-electron chi connectivity index (χ0n) is 13.1. The summed E-state index contributed by atoms with van der Waals surface area (Å²) in [4.78, 5) is 26.0. The molecule has 1 heterocycles. The summed E-state index contributed by atoms with van der Waals surface area (Å²) in [7, 11) is 0. The molecule has 2 aromatic rings. The van der Waals surface area contributed by atoms with Crippen LogP contribution in [0.5, 0.6) is 5.75 Å². The highest BCUT2D eigenvalue weighted by Gasteiger charge is 2.42. The number of benzene rings is 2. The van der Waals surface area contributed by atoms with E-state index in [1.807, 2.05) is 30.3 Å². The second-order valence-corrected chi connectivity index (χ2v) is 5.73. The molecule has 0 radical (unpaired) electrons. The van der Waals surface area contributed by atoms with Crippen molar-refractivity contribution in [3.63, 3.8) is 0 Å². The number of carbonyl (C=O) groups excluding carboxylic acids is 2. The number of hydrogen-bond acceptors (Lipinski definition) is 4. The van der Waals surface area contributed by atoms with Gasteiger partial charge in [-0.05, 0) is 30.2 Å². The summed E-state index contributed by atoms with van der Waals surface area (Å²) in [5, 5.41) is 19.7. The number of nitrogens with zero attached hydrogens (tertiary/aromatic N) is 1. The molecule has 3 rings (SSSR count). The molecule has 0 bridgehead atoms. The number of carbonyl (C=O) groups is 2. The Bertz CT molecular complexity index is 809. The van der Waals surface area contributed by atoms with Gasteiger partial charge in [-0.25, -0.2) is 0 Å². The Hall–Kier alpha value is -3.08. The van der Waals surface area contributed by atoms with Crippen LogP contribution in [0.2, 0.25) is 0 Å². The number of phenolic OH excluding ortho intramolecular Hbond substituents is 1. The van der Waals surface area contributed by atoms with Gasteiger partial charge in [-0.1, -0.05) is 42.5 Å². The van der Waals surface area contributed by atoms with Crippen LogP contribution in [0.15, 0.2) is 65.9 Å². The molecule has 5 heteroatoms. The molecule has 0 aromatic heterocycles. The fraction of sp³-hybridized carbons (Fsp3) is 0.158. The van der Waals surface area contributed by atoms with Gasteiger partial charge in [-0.2, -0.15) is 0 Å². The number of aliphatic hydroxyl groups excluding tert-OH is 1. The first-order valence-electron chi connectivity index (χ1n) is 7.57. The molecular weight excluding hydrogens is 306 g/mol. The van der Waals surface area contributed by atoms with Gasteiger partial charge < -0.3 is 15.1 Å². The molecule has 122 valence electrons. The van der Waals surface area contributed by atoms with Crippen molar-refractivity contribution in [3.05, 3.63) is 77.1 Å². The molecule has 1 aliphatic heterocycles. The number of hydrogen-bond donors (Lipinski definition) is 2. The zero-order chi connectivity index (χ0) is 17.3. The molecule has 2 N–H and O–H groups in total. The van der Waals surface area contributed by atoms with E-state index in [2.05, 4.69) is 0 Å². The Morgan fingerprint density at radius 3 is 2.25 bits per heavy atom. The van der Waals surface area contributed by atoms with Gasteiger partial charge in [0.25, 0.3) is 5.91 Å². The van der Waals surface area contributed by atoms with Crippen LogP contribution in [0.3, 0.4) is 0 Å². The summed E-state index contributed by atoms with van der Waals surface area (Å²) >= 11 is 0. The lowest BCUT2D eigenvalue weighted by Gasteiger charge is -2.26. The van der Waals surface area contributed by atoms with Crippen molar-refractivity contribution in [2.24, 2.45) is 0 Å². The standard InChI is InChI=1S/C19H17NO4/c1-12(21)16-17(14-7-9-15(22)10-8-14)20(19(24)18(16)23)11-13-5-3-2-4-6-13/h2-10,17,22-23H,11H2,1H3. The average Bonchev–Trinajstić information content (AvgIpc) is 2.82. The number of rotatable bonds is 4. The molecule has 5 nitrogen and oxygen atoms in total. The Morgan fingerprint density at radius 1 is 1.04 bits per heavy atom. The molecule has 24 heavy (non-hydrogen) atoms. The van der Waals surface area contributed by atoms with E-state index in [4.69, 9.17) is 0 Å². The van der Waals surface area contributed by atoms with E-state index in [1.54, 1.807) is 12.1 Å². The molecule has 2 aromatic carbocycles. The minimum absolute atomic E-state index is 0.0848. The topological polar surface area (TPSA) is 77.8 Å². The highest BCUT2D eigenvalue weighted by molar-refractivity contribution is 6.08. The third kappa shape index (κ3) is 2.76. The van der Waals surface area contributed by atoms with E-state index in [1.165, 1.54) is 24.0 Å². The van der Waals surface area contributed by atoms with Gasteiger partial charge in [-0.15, -0.1) is 0 Å². The van der Waals surface area contributed by atoms with Crippen LogP contribution in [0.1, 0.15) is 24.1 Å². The van der Waals surface area contributed by atoms with Crippen LogP contribution >= 0.6 is 0 Å². The van der Waals surface area contributed by atoms with Gasteiger partial charge in [0.15, 0.2) is 11.5 Å². The number of aromatic hydroxyl groups is 1. The molecule has 0 aliphatic carbocycles. The van der Waals surface area contributed by atoms with E-state index in [-0.39, 0.29) is 23.7 Å². The normalized spacial score (nSPS) is 17.5. The summed E-state index contributed by atoms with van der Waals surface area (Å²) in [5.41, 5.74) is 1.64. The maximum Gasteiger partial charge on any atom is 0.290 e. The van der Waals surface area contributed by atoms with Gasteiger partial charge in [0.2, 0.25) is 0 Å². The second-order valence-electron chi connectivity index (χ2n) is 5.73. The van der Waals surface area contributed by atoms with Crippen LogP contribution in [0.4, 0.5) is 0 Å². The van der Waals surface area contributed by atoms with Gasteiger partial charge in [-0.3, -0.25) is 9.59 Å². The predicted molar refractivity (Wildman–Crippen MR) is 88.2 cm³/mol. The van der Waals surface area contributed by atoms with E-state index >= 15 is 0 Å².